The zero-order valence-electron chi connectivity index (χ0n) is 12.6. The van der Waals surface area contributed by atoms with E-state index in [1.807, 2.05) is 43.0 Å². The van der Waals surface area contributed by atoms with Crippen molar-refractivity contribution >= 4 is 22.6 Å². The van der Waals surface area contributed by atoms with Gasteiger partial charge < -0.3 is 10.1 Å². The van der Waals surface area contributed by atoms with Crippen LogP contribution in [0.1, 0.15) is 33.6 Å². The molecule has 0 fully saturated rings. The Bertz CT molecular complexity index is 469. The van der Waals surface area contributed by atoms with Gasteiger partial charge in [0.15, 0.2) is 5.17 Å². The number of nitrogens with zero attached hydrogens (tertiary/aromatic N) is 1. The molecule has 1 aromatic rings. The summed E-state index contributed by atoms with van der Waals surface area (Å²) in [6.45, 7) is 8.15. The van der Waals surface area contributed by atoms with Gasteiger partial charge in [0.25, 0.3) is 0 Å². The van der Waals surface area contributed by atoms with E-state index in [2.05, 4.69) is 19.2 Å². The Balaban J connectivity index is 2.01. The summed E-state index contributed by atoms with van der Waals surface area (Å²) in [6, 6.07) is 8.05. The number of hydrogen-bond acceptors (Lipinski definition) is 4. The van der Waals surface area contributed by atoms with E-state index < -0.39 is 0 Å². The van der Waals surface area contributed by atoms with Crippen molar-refractivity contribution < 1.29 is 4.74 Å². The van der Waals surface area contributed by atoms with Crippen LogP contribution in [0, 0.1) is 5.41 Å². The third-order valence-corrected chi connectivity index (χ3v) is 5.23. The van der Waals surface area contributed by atoms with Crippen LogP contribution in [0.25, 0.3) is 0 Å². The number of anilines is 1. The van der Waals surface area contributed by atoms with E-state index in [1.54, 1.807) is 0 Å². The van der Waals surface area contributed by atoms with E-state index in [0.29, 0.717) is 12.0 Å². The molecular formula is C16H24N2OS. The Morgan fingerprint density at radius 2 is 2.10 bits per heavy atom. The number of amidine groups is 1. The van der Waals surface area contributed by atoms with E-state index in [4.69, 9.17) is 9.73 Å². The normalized spacial score (nSPS) is 17.4. The maximum atomic E-state index is 5.52. The summed E-state index contributed by atoms with van der Waals surface area (Å²) in [7, 11) is 0. The standard InChI is InChI=1S/C16H24N2OS/c1-4-16(5-2)11-17-15(20-12-16)18-13-8-7-9-14(10-13)19-6-3/h7-10H,4-6,11-12H2,1-3H3,(H,17,18). The Morgan fingerprint density at radius 3 is 2.70 bits per heavy atom. The van der Waals surface area contributed by atoms with E-state index in [0.717, 1.165) is 28.9 Å². The van der Waals surface area contributed by atoms with Crippen molar-refractivity contribution in [2.24, 2.45) is 10.4 Å². The molecule has 1 aliphatic rings. The van der Waals surface area contributed by atoms with Crippen LogP contribution in [-0.4, -0.2) is 24.1 Å². The smallest absolute Gasteiger partial charge is 0.161 e. The molecule has 1 N–H and O–H groups in total. The highest BCUT2D eigenvalue weighted by molar-refractivity contribution is 8.14. The lowest BCUT2D eigenvalue weighted by Crippen LogP contribution is -2.32. The molecule has 0 unspecified atom stereocenters. The summed E-state index contributed by atoms with van der Waals surface area (Å²) in [5, 5.41) is 4.42. The molecule has 20 heavy (non-hydrogen) atoms. The summed E-state index contributed by atoms with van der Waals surface area (Å²) in [4.78, 5) is 4.72. The van der Waals surface area contributed by atoms with Crippen LogP contribution >= 0.6 is 11.8 Å². The fourth-order valence-electron chi connectivity index (χ4n) is 2.26. The van der Waals surface area contributed by atoms with Crippen molar-refractivity contribution in [1.29, 1.82) is 0 Å². The molecule has 0 saturated carbocycles. The Labute approximate surface area is 126 Å². The Morgan fingerprint density at radius 1 is 1.30 bits per heavy atom. The van der Waals surface area contributed by atoms with Crippen LogP contribution in [0.3, 0.4) is 0 Å². The van der Waals surface area contributed by atoms with Crippen LogP contribution in [0.4, 0.5) is 5.69 Å². The first-order valence-corrected chi connectivity index (χ1v) is 8.37. The number of benzene rings is 1. The summed E-state index contributed by atoms with van der Waals surface area (Å²) in [5.41, 5.74) is 1.44. The van der Waals surface area contributed by atoms with Crippen LogP contribution in [0.5, 0.6) is 5.75 Å². The van der Waals surface area contributed by atoms with E-state index in [1.165, 1.54) is 12.8 Å². The number of aliphatic imine (C=N–C) groups is 1. The van der Waals surface area contributed by atoms with Gasteiger partial charge in [-0.05, 0) is 37.3 Å². The largest absolute Gasteiger partial charge is 0.494 e. The van der Waals surface area contributed by atoms with Crippen LogP contribution in [0.15, 0.2) is 29.3 Å². The molecule has 0 atom stereocenters. The lowest BCUT2D eigenvalue weighted by molar-refractivity contribution is 0.318. The molecule has 0 bridgehead atoms. The van der Waals surface area contributed by atoms with Gasteiger partial charge in [-0.3, -0.25) is 4.99 Å². The fraction of sp³-hybridized carbons (Fsp3) is 0.562. The van der Waals surface area contributed by atoms with E-state index in [-0.39, 0.29) is 0 Å². The molecule has 1 aromatic carbocycles. The molecule has 3 nitrogen and oxygen atoms in total. The van der Waals surface area contributed by atoms with Gasteiger partial charge in [0, 0.05) is 24.1 Å². The summed E-state index contributed by atoms with van der Waals surface area (Å²) >= 11 is 1.83. The number of rotatable bonds is 5. The lowest BCUT2D eigenvalue weighted by atomic mass is 9.84. The first-order valence-electron chi connectivity index (χ1n) is 7.38. The van der Waals surface area contributed by atoms with Gasteiger partial charge in [-0.25, -0.2) is 0 Å². The molecule has 0 saturated heterocycles. The van der Waals surface area contributed by atoms with Gasteiger partial charge >= 0.3 is 0 Å². The minimum absolute atomic E-state index is 0.392. The second kappa shape index (κ2) is 7.02. The zero-order chi connectivity index (χ0) is 14.4. The van der Waals surface area contributed by atoms with Gasteiger partial charge in [0.1, 0.15) is 5.75 Å². The molecule has 110 valence electrons. The number of thioether (sulfide) groups is 1. The van der Waals surface area contributed by atoms with Gasteiger partial charge in [0.2, 0.25) is 0 Å². The quantitative estimate of drug-likeness (QED) is 0.873. The number of hydrogen-bond donors (Lipinski definition) is 1. The maximum Gasteiger partial charge on any atom is 0.161 e. The average Bonchev–Trinajstić information content (AvgIpc) is 2.49. The van der Waals surface area contributed by atoms with Gasteiger partial charge in [0.05, 0.1) is 6.61 Å². The first-order chi connectivity index (χ1) is 9.71. The molecule has 1 aliphatic heterocycles. The minimum atomic E-state index is 0.392. The number of nitrogens with one attached hydrogen (secondary N) is 1. The molecule has 4 heteroatoms. The van der Waals surface area contributed by atoms with Crippen LogP contribution in [0.2, 0.25) is 0 Å². The molecule has 0 amide bonds. The molecule has 1 heterocycles. The van der Waals surface area contributed by atoms with Gasteiger partial charge in [-0.15, -0.1) is 0 Å². The fourth-order valence-corrected chi connectivity index (χ4v) is 3.55. The highest BCUT2D eigenvalue weighted by atomic mass is 32.2. The van der Waals surface area contributed by atoms with Crippen molar-refractivity contribution in [1.82, 2.24) is 0 Å². The average molecular weight is 292 g/mol. The number of ether oxygens (including phenoxy) is 1. The molecule has 2 rings (SSSR count). The van der Waals surface area contributed by atoms with Crippen molar-refractivity contribution in [2.45, 2.75) is 33.6 Å². The first kappa shape index (κ1) is 15.2. The summed E-state index contributed by atoms with van der Waals surface area (Å²) in [6.07, 6.45) is 2.40. The minimum Gasteiger partial charge on any atom is -0.494 e. The Hall–Kier alpha value is -1.16. The second-order valence-corrected chi connectivity index (χ2v) is 6.17. The van der Waals surface area contributed by atoms with Gasteiger partial charge in [-0.2, -0.15) is 0 Å². The van der Waals surface area contributed by atoms with Crippen molar-refractivity contribution in [3.63, 3.8) is 0 Å². The highest BCUT2D eigenvalue weighted by Gasteiger charge is 2.30. The topological polar surface area (TPSA) is 33.6 Å². The molecule has 0 aromatic heterocycles. The predicted molar refractivity (Wildman–Crippen MR) is 89.0 cm³/mol. The monoisotopic (exact) mass is 292 g/mol. The SMILES string of the molecule is CCOc1cccc(NC2=NCC(CC)(CC)CS2)c1. The summed E-state index contributed by atoms with van der Waals surface area (Å²) in [5.74, 6) is 2.05. The van der Waals surface area contributed by atoms with E-state index in [9.17, 15) is 0 Å². The highest BCUT2D eigenvalue weighted by Crippen LogP contribution is 2.35. The molecule has 0 aliphatic carbocycles. The maximum absolute atomic E-state index is 5.52. The van der Waals surface area contributed by atoms with E-state index >= 15 is 0 Å². The Kier molecular flexibility index (Phi) is 5.35. The van der Waals surface area contributed by atoms with Crippen molar-refractivity contribution in [3.05, 3.63) is 24.3 Å². The van der Waals surface area contributed by atoms with Crippen molar-refractivity contribution in [3.8, 4) is 5.75 Å². The van der Waals surface area contributed by atoms with Crippen molar-refractivity contribution in [2.75, 3.05) is 24.2 Å². The lowest BCUT2D eigenvalue weighted by Gasteiger charge is -2.33. The van der Waals surface area contributed by atoms with Gasteiger partial charge in [-0.1, -0.05) is 31.7 Å². The second-order valence-electron chi connectivity index (χ2n) is 5.20. The third-order valence-electron chi connectivity index (χ3n) is 3.97. The van der Waals surface area contributed by atoms with Crippen LogP contribution < -0.4 is 10.1 Å². The summed E-state index contributed by atoms with van der Waals surface area (Å²) < 4.78 is 5.52. The molecule has 0 radical (unpaired) electrons. The zero-order valence-corrected chi connectivity index (χ0v) is 13.4. The van der Waals surface area contributed by atoms with Crippen LogP contribution in [-0.2, 0) is 0 Å². The third kappa shape index (κ3) is 3.69. The molecular weight excluding hydrogens is 268 g/mol. The molecule has 0 spiro atoms. The predicted octanol–water partition coefficient (Wildman–Crippen LogP) is 4.41.